The molecule has 0 atom stereocenters. The summed E-state index contributed by atoms with van der Waals surface area (Å²) in [5.41, 5.74) is -3.05. The number of amides is 1. The summed E-state index contributed by atoms with van der Waals surface area (Å²) >= 11 is 0. The Kier molecular flexibility index (Phi) is 6.46. The quantitative estimate of drug-likeness (QED) is 0.660. The highest BCUT2D eigenvalue weighted by Crippen LogP contribution is 2.35. The predicted octanol–water partition coefficient (Wildman–Crippen LogP) is 4.49. The number of halogens is 6. The normalized spacial score (nSPS) is 19.8. The van der Waals surface area contributed by atoms with Crippen LogP contribution in [0.4, 0.5) is 32.0 Å². The number of pyridine rings is 1. The van der Waals surface area contributed by atoms with E-state index in [1.807, 2.05) is 6.92 Å². The zero-order valence-corrected chi connectivity index (χ0v) is 16.5. The number of rotatable bonds is 5. The predicted molar refractivity (Wildman–Crippen MR) is 99.3 cm³/mol. The van der Waals surface area contributed by atoms with Gasteiger partial charge < -0.3 is 10.6 Å². The summed E-state index contributed by atoms with van der Waals surface area (Å²) < 4.78 is 79.3. The lowest BCUT2D eigenvalue weighted by Crippen LogP contribution is -2.40. The van der Waals surface area contributed by atoms with E-state index in [1.165, 1.54) is 6.20 Å². The molecule has 1 aliphatic carbocycles. The second kappa shape index (κ2) is 8.75. The number of anilines is 1. The summed E-state index contributed by atoms with van der Waals surface area (Å²) in [7, 11) is 0. The van der Waals surface area contributed by atoms with Crippen molar-refractivity contribution in [3.8, 4) is 0 Å². The molecule has 0 saturated heterocycles. The van der Waals surface area contributed by atoms with Gasteiger partial charge in [-0.25, -0.2) is 4.98 Å². The van der Waals surface area contributed by atoms with Gasteiger partial charge >= 0.3 is 12.4 Å². The minimum absolute atomic E-state index is 0.139. The minimum Gasteiger partial charge on any atom is -0.382 e. The van der Waals surface area contributed by atoms with Crippen molar-refractivity contribution in [3.63, 3.8) is 0 Å². The number of hydrogen-bond donors (Lipinski definition) is 2. The van der Waals surface area contributed by atoms with E-state index in [1.54, 1.807) is 10.7 Å². The van der Waals surface area contributed by atoms with Crippen molar-refractivity contribution >= 4 is 11.6 Å². The Morgan fingerprint density at radius 2 is 1.58 bits per heavy atom. The Bertz CT molecular complexity index is 883. The van der Waals surface area contributed by atoms with Crippen molar-refractivity contribution in [2.45, 2.75) is 63.6 Å². The smallest absolute Gasteiger partial charge is 0.382 e. The maximum absolute atomic E-state index is 13.0. The van der Waals surface area contributed by atoms with E-state index in [-0.39, 0.29) is 23.7 Å². The third-order valence-electron chi connectivity index (χ3n) is 5.09. The van der Waals surface area contributed by atoms with Crippen LogP contribution in [0.15, 0.2) is 24.4 Å². The van der Waals surface area contributed by atoms with Crippen LogP contribution in [0.5, 0.6) is 0 Å². The SMILES string of the molecule is CCn1nccc1C(=O)NC1CCC(Nc2cc(C(F)(F)F)nc(C(F)(F)F)c2)CC1. The Hall–Kier alpha value is -2.79. The third kappa shape index (κ3) is 5.67. The summed E-state index contributed by atoms with van der Waals surface area (Å²) in [5, 5.41) is 9.70. The standard InChI is InChI=1S/C19H21F6N5O/c1-2-30-14(7-8-26-30)17(31)28-12-5-3-11(4-6-12)27-13-9-15(18(20,21)22)29-16(10-13)19(23,24)25/h7-12H,2-6H2,1H3,(H,27,29)(H,28,31). The van der Waals surface area contributed by atoms with Crippen LogP contribution >= 0.6 is 0 Å². The van der Waals surface area contributed by atoms with Gasteiger partial charge in [0.1, 0.15) is 17.1 Å². The zero-order valence-electron chi connectivity index (χ0n) is 16.5. The molecule has 2 aromatic heterocycles. The second-order valence-corrected chi connectivity index (χ2v) is 7.32. The average Bonchev–Trinajstić information content (AvgIpc) is 3.17. The number of carbonyl (C=O) groups excluding carboxylic acids is 1. The molecule has 1 fully saturated rings. The number of hydrogen-bond acceptors (Lipinski definition) is 4. The van der Waals surface area contributed by atoms with Crippen LogP contribution in [0.1, 0.15) is 54.5 Å². The Balaban J connectivity index is 1.62. The first-order valence-electron chi connectivity index (χ1n) is 9.73. The molecule has 6 nitrogen and oxygen atoms in total. The van der Waals surface area contributed by atoms with Crippen molar-refractivity contribution in [1.82, 2.24) is 20.1 Å². The highest BCUT2D eigenvalue weighted by atomic mass is 19.4. The Morgan fingerprint density at radius 1 is 1.03 bits per heavy atom. The molecule has 2 N–H and O–H groups in total. The third-order valence-corrected chi connectivity index (χ3v) is 5.09. The van der Waals surface area contributed by atoms with Gasteiger partial charge in [0.15, 0.2) is 0 Å². The second-order valence-electron chi connectivity index (χ2n) is 7.32. The highest BCUT2D eigenvalue weighted by Gasteiger charge is 2.39. The van der Waals surface area contributed by atoms with Crippen LogP contribution in [-0.4, -0.2) is 32.8 Å². The van der Waals surface area contributed by atoms with Gasteiger partial charge in [-0.15, -0.1) is 0 Å². The van der Waals surface area contributed by atoms with E-state index in [0.717, 1.165) is 0 Å². The van der Waals surface area contributed by atoms with Gasteiger partial charge in [-0.2, -0.15) is 31.4 Å². The van der Waals surface area contributed by atoms with Crippen LogP contribution < -0.4 is 10.6 Å². The number of alkyl halides is 6. The van der Waals surface area contributed by atoms with Crippen LogP contribution in [0.25, 0.3) is 0 Å². The van der Waals surface area contributed by atoms with E-state index < -0.39 is 23.7 Å². The van der Waals surface area contributed by atoms with Crippen LogP contribution in [-0.2, 0) is 18.9 Å². The van der Waals surface area contributed by atoms with E-state index >= 15 is 0 Å². The number of carbonyl (C=O) groups is 1. The Morgan fingerprint density at radius 3 is 2.10 bits per heavy atom. The zero-order chi connectivity index (χ0) is 22.8. The van der Waals surface area contributed by atoms with Gasteiger partial charge in [-0.1, -0.05) is 0 Å². The fourth-order valence-corrected chi connectivity index (χ4v) is 3.56. The van der Waals surface area contributed by atoms with Gasteiger partial charge in [0.25, 0.3) is 5.91 Å². The summed E-state index contributed by atoms with van der Waals surface area (Å²) in [6, 6.07) is 2.30. The highest BCUT2D eigenvalue weighted by molar-refractivity contribution is 5.92. The first-order valence-corrected chi connectivity index (χ1v) is 9.73. The molecule has 0 unspecified atom stereocenters. The molecule has 1 saturated carbocycles. The molecule has 1 aliphatic rings. The molecule has 31 heavy (non-hydrogen) atoms. The maximum Gasteiger partial charge on any atom is 0.433 e. The van der Waals surface area contributed by atoms with Crippen LogP contribution in [0, 0.1) is 0 Å². The summed E-state index contributed by atoms with van der Waals surface area (Å²) in [4.78, 5) is 15.1. The van der Waals surface area contributed by atoms with Crippen molar-refractivity contribution in [2.24, 2.45) is 0 Å². The lowest BCUT2D eigenvalue weighted by atomic mass is 9.91. The molecular formula is C19H21F6N5O. The molecule has 3 rings (SSSR count). The molecule has 0 bridgehead atoms. The van der Waals surface area contributed by atoms with E-state index in [9.17, 15) is 31.1 Å². The van der Waals surface area contributed by atoms with Gasteiger partial charge in [-0.3, -0.25) is 9.48 Å². The number of aromatic nitrogens is 3. The largest absolute Gasteiger partial charge is 0.433 e. The maximum atomic E-state index is 13.0. The van der Waals surface area contributed by atoms with Crippen molar-refractivity contribution in [1.29, 1.82) is 0 Å². The first-order chi connectivity index (χ1) is 14.5. The number of nitrogens with zero attached hydrogens (tertiary/aromatic N) is 3. The fourth-order valence-electron chi connectivity index (χ4n) is 3.56. The van der Waals surface area contributed by atoms with Gasteiger partial charge in [0, 0.05) is 30.5 Å². The average molecular weight is 449 g/mol. The van der Waals surface area contributed by atoms with Gasteiger partial charge in [0.2, 0.25) is 0 Å². The molecule has 0 radical (unpaired) electrons. The van der Waals surface area contributed by atoms with Gasteiger partial charge in [-0.05, 0) is 50.8 Å². The molecule has 12 heteroatoms. The minimum atomic E-state index is -5.00. The van der Waals surface area contributed by atoms with E-state index in [4.69, 9.17) is 0 Å². The first kappa shape index (κ1) is 22.9. The van der Waals surface area contributed by atoms with Crippen molar-refractivity contribution < 1.29 is 31.1 Å². The van der Waals surface area contributed by atoms with Gasteiger partial charge in [0.05, 0.1) is 0 Å². The molecule has 2 heterocycles. The van der Waals surface area contributed by atoms with E-state index in [2.05, 4.69) is 20.7 Å². The molecule has 170 valence electrons. The lowest BCUT2D eigenvalue weighted by Gasteiger charge is -2.30. The van der Waals surface area contributed by atoms with Crippen LogP contribution in [0.3, 0.4) is 0 Å². The van der Waals surface area contributed by atoms with Crippen molar-refractivity contribution in [2.75, 3.05) is 5.32 Å². The molecule has 0 aromatic carbocycles. The fraction of sp³-hybridized carbons (Fsp3) is 0.526. The summed E-state index contributed by atoms with van der Waals surface area (Å²) in [6.07, 6.45) is -6.44. The number of aryl methyl sites for hydroxylation is 1. The topological polar surface area (TPSA) is 71.8 Å². The summed E-state index contributed by atoms with van der Waals surface area (Å²) in [5.74, 6) is -0.269. The molecule has 2 aromatic rings. The number of nitrogens with one attached hydrogen (secondary N) is 2. The van der Waals surface area contributed by atoms with E-state index in [0.29, 0.717) is 50.1 Å². The molecule has 1 amide bonds. The molecule has 0 spiro atoms. The monoisotopic (exact) mass is 449 g/mol. The van der Waals surface area contributed by atoms with Crippen LogP contribution in [0.2, 0.25) is 0 Å². The Labute approximate surface area is 174 Å². The lowest BCUT2D eigenvalue weighted by molar-refractivity contribution is -0.150. The molecule has 0 aliphatic heterocycles. The molecular weight excluding hydrogens is 428 g/mol. The summed E-state index contributed by atoms with van der Waals surface area (Å²) in [6.45, 7) is 2.40. The van der Waals surface area contributed by atoms with Crippen molar-refractivity contribution in [3.05, 3.63) is 41.5 Å².